The van der Waals surface area contributed by atoms with Crippen LogP contribution in [0.4, 0.5) is 0 Å². The molecule has 358 valence electrons. The van der Waals surface area contributed by atoms with Gasteiger partial charge in [-0.15, -0.1) is 0 Å². The van der Waals surface area contributed by atoms with E-state index in [1.165, 1.54) is 22.3 Å². The number of rotatable bonds is 10. The van der Waals surface area contributed by atoms with Gasteiger partial charge in [-0.1, -0.05) is 104 Å². The Morgan fingerprint density at radius 1 is 0.809 bits per heavy atom. The third-order valence-electron chi connectivity index (χ3n) is 15.6. The van der Waals surface area contributed by atoms with Crippen molar-refractivity contribution >= 4 is 22.9 Å². The van der Waals surface area contributed by atoms with Crippen LogP contribution in [0.2, 0.25) is 0 Å². The quantitative estimate of drug-likeness (QED) is 0.0602. The molecule has 7 unspecified atom stereocenters. The minimum Gasteiger partial charge on any atom is -0.483 e. The minimum absolute atomic E-state index is 0.00178. The van der Waals surface area contributed by atoms with Crippen molar-refractivity contribution in [1.82, 2.24) is 0 Å². The molecule has 3 aliphatic heterocycles. The minimum atomic E-state index is -1.18. The molecule has 2 N–H and O–H groups in total. The van der Waals surface area contributed by atoms with Crippen molar-refractivity contribution in [3.63, 3.8) is 0 Å². The Kier molecular flexibility index (Phi) is 14.7. The Morgan fingerprint density at radius 3 is 2.34 bits per heavy atom. The lowest BCUT2D eigenvalue weighted by molar-refractivity contribution is -0.201. The first-order valence-electron chi connectivity index (χ1n) is 24.9. The molecular formula is C58H66O10. The lowest BCUT2D eigenvalue weighted by Crippen LogP contribution is -2.58. The van der Waals surface area contributed by atoms with Crippen LogP contribution in [0.5, 0.6) is 5.75 Å². The first-order valence-corrected chi connectivity index (χ1v) is 24.9. The average molecular weight is 923 g/mol. The van der Waals surface area contributed by atoms with Gasteiger partial charge in [-0.2, -0.15) is 0 Å². The standard InChI is InChI=1S/C58H66O10/c1-36(2)47-24-19-37-17-20-40(21-18-37)48-25-22-42(41-14-10-13-39(30-41)29-38-11-6-4-7-12-38)31-45(48)33-51(61)65-54-52-50(68-58(3,55(54)67-56(47)62)46-15-8-5-9-16-46)26-23-43-32-49(57(63)66-53(43)52)44(27-28-59)34-64-35-60/h4,6-7,10-14,17-18,20-21,23,26,30,32,42,44-46,48,54-55,59-60H,5,8-9,15-16,19,22,24-25,27-29,31,33-35H2,1-3H3. The average Bonchev–Trinajstić information content (AvgIpc) is 3.34. The van der Waals surface area contributed by atoms with E-state index in [0.29, 0.717) is 35.1 Å². The Balaban J connectivity index is 1.14. The molecule has 2 fully saturated rings. The lowest BCUT2D eigenvalue weighted by Gasteiger charge is -2.50. The van der Waals surface area contributed by atoms with E-state index in [1.54, 1.807) is 6.07 Å². The number of aliphatic hydroxyl groups is 2. The highest BCUT2D eigenvalue weighted by molar-refractivity contribution is 5.90. The van der Waals surface area contributed by atoms with Gasteiger partial charge in [0.1, 0.15) is 23.7 Å². The molecule has 0 saturated heterocycles. The maximum atomic E-state index is 15.1. The van der Waals surface area contributed by atoms with Gasteiger partial charge in [0.25, 0.3) is 0 Å². The number of ether oxygens (including phenoxy) is 4. The number of carbonyl (C=O) groups is 2. The predicted molar refractivity (Wildman–Crippen MR) is 261 cm³/mol. The smallest absolute Gasteiger partial charge is 0.339 e. The highest BCUT2D eigenvalue weighted by Crippen LogP contribution is 2.53. The van der Waals surface area contributed by atoms with Crippen LogP contribution in [0.1, 0.15) is 154 Å². The molecule has 10 heteroatoms. The van der Waals surface area contributed by atoms with Crippen molar-refractivity contribution in [3.05, 3.63) is 158 Å². The van der Waals surface area contributed by atoms with E-state index < -0.39 is 48.1 Å². The fourth-order valence-electron chi connectivity index (χ4n) is 11.9. The Labute approximate surface area is 399 Å². The Hall–Kier alpha value is -5.55. The van der Waals surface area contributed by atoms with Gasteiger partial charge in [0.2, 0.25) is 0 Å². The second-order valence-corrected chi connectivity index (χ2v) is 20.2. The van der Waals surface area contributed by atoms with Gasteiger partial charge in [-0.3, -0.25) is 4.79 Å². The van der Waals surface area contributed by atoms with Crippen LogP contribution in [-0.4, -0.2) is 53.9 Å². The zero-order chi connectivity index (χ0) is 47.4. The summed E-state index contributed by atoms with van der Waals surface area (Å²) in [4.78, 5) is 44.0. The number of fused-ring (bicyclic) bond motifs is 11. The molecule has 10 nitrogen and oxygen atoms in total. The largest absolute Gasteiger partial charge is 0.483 e. The normalized spacial score (nSPS) is 25.1. The topological polar surface area (TPSA) is 142 Å². The van der Waals surface area contributed by atoms with Gasteiger partial charge in [0, 0.05) is 41.4 Å². The lowest BCUT2D eigenvalue weighted by atomic mass is 9.68. The van der Waals surface area contributed by atoms with E-state index in [-0.39, 0.29) is 60.9 Å². The fraction of sp³-hybridized carbons (Fsp3) is 0.466. The molecule has 4 heterocycles. The summed E-state index contributed by atoms with van der Waals surface area (Å²) in [5, 5.41) is 19.9. The number of aliphatic hydroxyl groups excluding tert-OH is 2. The van der Waals surface area contributed by atoms with Gasteiger partial charge < -0.3 is 33.6 Å². The number of allylic oxidation sites excluding steroid dienone is 1. The molecule has 0 amide bonds. The van der Waals surface area contributed by atoms with Gasteiger partial charge in [-0.25, -0.2) is 9.59 Å². The number of hydrogen-bond donors (Lipinski definition) is 2. The Bertz CT molecular complexity index is 2660. The van der Waals surface area contributed by atoms with Gasteiger partial charge >= 0.3 is 17.6 Å². The SMILES string of the molecule is CC(C)=C1CCc2ccc(cc2)C2CCC(c3cccc(Cc4ccccc4)c3)CC2CC(=O)OC2c3c(ccc4cc(C(CCO)COCO)c(=O)oc34)OC(C)(C3CCCCC3)C2OC1=O. The van der Waals surface area contributed by atoms with Crippen LogP contribution < -0.4 is 10.4 Å². The van der Waals surface area contributed by atoms with Crippen molar-refractivity contribution in [3.8, 4) is 5.75 Å². The molecule has 10 rings (SSSR count). The van der Waals surface area contributed by atoms with Crippen molar-refractivity contribution in [1.29, 1.82) is 0 Å². The van der Waals surface area contributed by atoms with Crippen LogP contribution in [-0.2, 0) is 36.6 Å². The fourth-order valence-corrected chi connectivity index (χ4v) is 11.9. The number of esters is 2. The molecule has 0 radical (unpaired) electrons. The van der Waals surface area contributed by atoms with Crippen LogP contribution >= 0.6 is 0 Å². The second kappa shape index (κ2) is 21.0. The molecule has 0 spiro atoms. The first-order chi connectivity index (χ1) is 33.0. The molecule has 5 aromatic rings. The third kappa shape index (κ3) is 10.1. The zero-order valence-electron chi connectivity index (χ0n) is 39.8. The van der Waals surface area contributed by atoms with Gasteiger partial charge in [0.15, 0.2) is 12.2 Å². The van der Waals surface area contributed by atoms with Crippen molar-refractivity contribution in [2.75, 3.05) is 20.0 Å². The molecule has 7 atom stereocenters. The second-order valence-electron chi connectivity index (χ2n) is 20.2. The van der Waals surface area contributed by atoms with Gasteiger partial charge in [-0.05, 0) is 142 Å². The van der Waals surface area contributed by atoms with Crippen LogP contribution in [0.25, 0.3) is 11.0 Å². The predicted octanol–water partition coefficient (Wildman–Crippen LogP) is 11.1. The summed E-state index contributed by atoms with van der Waals surface area (Å²) in [6.07, 6.45) is 7.47. The summed E-state index contributed by atoms with van der Waals surface area (Å²) >= 11 is 0. The van der Waals surface area contributed by atoms with Crippen molar-refractivity contribution < 1.29 is 43.2 Å². The maximum Gasteiger partial charge on any atom is 0.339 e. The monoisotopic (exact) mass is 922 g/mol. The highest BCUT2D eigenvalue weighted by Gasteiger charge is 2.56. The summed E-state index contributed by atoms with van der Waals surface area (Å²) in [6.45, 7) is 5.09. The van der Waals surface area contributed by atoms with Gasteiger partial charge in [0.05, 0.1) is 12.2 Å². The molecule has 4 aromatic carbocycles. The molecule has 2 saturated carbocycles. The van der Waals surface area contributed by atoms with Crippen molar-refractivity contribution in [2.24, 2.45) is 11.8 Å². The van der Waals surface area contributed by atoms with E-state index in [4.69, 9.17) is 23.4 Å². The van der Waals surface area contributed by atoms with Crippen LogP contribution in [0.15, 0.2) is 117 Å². The van der Waals surface area contributed by atoms with E-state index >= 15 is 4.79 Å². The summed E-state index contributed by atoms with van der Waals surface area (Å²) in [6, 6.07) is 33.5. The molecule has 68 heavy (non-hydrogen) atoms. The maximum absolute atomic E-state index is 15.1. The number of hydrogen-bond acceptors (Lipinski definition) is 10. The van der Waals surface area contributed by atoms with Crippen LogP contribution in [0.3, 0.4) is 0 Å². The van der Waals surface area contributed by atoms with Crippen LogP contribution in [0, 0.1) is 11.8 Å². The first kappa shape index (κ1) is 47.5. The number of carbonyl (C=O) groups excluding carboxylic acids is 2. The Morgan fingerprint density at radius 2 is 1.59 bits per heavy atom. The summed E-state index contributed by atoms with van der Waals surface area (Å²) in [5.41, 5.74) is 6.57. The molecule has 2 bridgehead atoms. The third-order valence-corrected chi connectivity index (χ3v) is 15.6. The number of aryl methyl sites for hydroxylation is 1. The summed E-state index contributed by atoms with van der Waals surface area (Å²) in [7, 11) is 0. The van der Waals surface area contributed by atoms with E-state index in [1.807, 2.05) is 39.0 Å². The molecule has 2 aliphatic carbocycles. The molecule has 5 aliphatic rings. The zero-order valence-corrected chi connectivity index (χ0v) is 39.8. The van der Waals surface area contributed by atoms with Crippen molar-refractivity contribution in [2.45, 2.75) is 140 Å². The summed E-state index contributed by atoms with van der Waals surface area (Å²) in [5.74, 6) is -0.789. The van der Waals surface area contributed by atoms with E-state index in [0.717, 1.165) is 68.9 Å². The summed E-state index contributed by atoms with van der Waals surface area (Å²) < 4.78 is 32.3. The molecule has 1 aromatic heterocycles. The van der Waals surface area contributed by atoms with E-state index in [9.17, 15) is 19.8 Å². The number of benzene rings is 4. The molecular weight excluding hydrogens is 857 g/mol. The van der Waals surface area contributed by atoms with E-state index in [2.05, 4.69) is 72.8 Å². The highest BCUT2D eigenvalue weighted by atomic mass is 16.6.